The van der Waals surface area contributed by atoms with Crippen molar-refractivity contribution in [3.8, 4) is 0 Å². The molecule has 0 aromatic heterocycles. The number of carbonyl (C=O) groups is 1. The summed E-state index contributed by atoms with van der Waals surface area (Å²) >= 11 is 0. The number of fused-ring (bicyclic) bond motifs is 1. The minimum atomic E-state index is -0.233. The van der Waals surface area contributed by atoms with Crippen LogP contribution < -0.4 is 0 Å². The lowest BCUT2D eigenvalue weighted by atomic mass is 10.0. The second-order valence-electron chi connectivity index (χ2n) is 3.40. The van der Waals surface area contributed by atoms with Gasteiger partial charge in [-0.3, -0.25) is 0 Å². The van der Waals surface area contributed by atoms with Crippen molar-refractivity contribution in [2.24, 2.45) is 0 Å². The molecule has 0 saturated heterocycles. The number of cyclic esters (lactones) is 1. The maximum atomic E-state index is 11.4. The SMILES string of the molecule is CC/C(C)=C1\OC(=O)c2ccccc21. The monoisotopic (exact) mass is 188 g/mol. The van der Waals surface area contributed by atoms with E-state index in [4.69, 9.17) is 4.74 Å². The van der Waals surface area contributed by atoms with Crippen LogP contribution in [0.15, 0.2) is 29.8 Å². The van der Waals surface area contributed by atoms with Crippen molar-refractivity contribution in [3.05, 3.63) is 41.0 Å². The maximum absolute atomic E-state index is 11.4. The Labute approximate surface area is 83.2 Å². The van der Waals surface area contributed by atoms with Crippen molar-refractivity contribution >= 4 is 11.7 Å². The quantitative estimate of drug-likeness (QED) is 0.633. The lowest BCUT2D eigenvalue weighted by Crippen LogP contribution is -1.92. The third-order valence-electron chi connectivity index (χ3n) is 2.50. The van der Waals surface area contributed by atoms with Crippen molar-refractivity contribution in [2.45, 2.75) is 20.3 Å². The zero-order valence-electron chi connectivity index (χ0n) is 8.33. The lowest BCUT2D eigenvalue weighted by molar-refractivity contribution is 0.0714. The molecule has 0 spiro atoms. The van der Waals surface area contributed by atoms with E-state index in [1.807, 2.05) is 25.1 Å². The van der Waals surface area contributed by atoms with Gasteiger partial charge in [-0.2, -0.15) is 0 Å². The van der Waals surface area contributed by atoms with Crippen molar-refractivity contribution in [1.82, 2.24) is 0 Å². The molecule has 0 aliphatic carbocycles. The Kier molecular flexibility index (Phi) is 2.12. The summed E-state index contributed by atoms with van der Waals surface area (Å²) in [7, 11) is 0. The highest BCUT2D eigenvalue weighted by atomic mass is 16.5. The van der Waals surface area contributed by atoms with Crippen molar-refractivity contribution in [1.29, 1.82) is 0 Å². The van der Waals surface area contributed by atoms with Crippen LogP contribution in [0.4, 0.5) is 0 Å². The van der Waals surface area contributed by atoms with Gasteiger partial charge in [0.1, 0.15) is 5.76 Å². The second kappa shape index (κ2) is 3.29. The van der Waals surface area contributed by atoms with Crippen LogP contribution in [-0.4, -0.2) is 5.97 Å². The van der Waals surface area contributed by atoms with E-state index < -0.39 is 0 Å². The molecule has 2 rings (SSSR count). The van der Waals surface area contributed by atoms with E-state index in [1.54, 1.807) is 6.07 Å². The van der Waals surface area contributed by atoms with Crippen molar-refractivity contribution in [3.63, 3.8) is 0 Å². The molecule has 0 radical (unpaired) electrons. The van der Waals surface area contributed by atoms with E-state index in [-0.39, 0.29) is 5.97 Å². The average Bonchev–Trinajstić information content (AvgIpc) is 2.56. The van der Waals surface area contributed by atoms with Crippen LogP contribution in [0.1, 0.15) is 36.2 Å². The van der Waals surface area contributed by atoms with E-state index in [9.17, 15) is 4.79 Å². The largest absolute Gasteiger partial charge is 0.422 e. The Bertz CT molecular complexity index is 416. The Morgan fingerprint density at radius 3 is 2.57 bits per heavy atom. The van der Waals surface area contributed by atoms with Crippen molar-refractivity contribution in [2.75, 3.05) is 0 Å². The molecule has 0 unspecified atom stereocenters. The molecule has 1 aromatic rings. The number of hydrogen-bond donors (Lipinski definition) is 0. The third-order valence-corrected chi connectivity index (χ3v) is 2.50. The minimum absolute atomic E-state index is 0.233. The summed E-state index contributed by atoms with van der Waals surface area (Å²) < 4.78 is 5.23. The number of hydrogen-bond acceptors (Lipinski definition) is 2. The van der Waals surface area contributed by atoms with Crippen LogP contribution in [0, 0.1) is 0 Å². The second-order valence-corrected chi connectivity index (χ2v) is 3.40. The highest BCUT2D eigenvalue weighted by molar-refractivity contribution is 6.03. The molecule has 14 heavy (non-hydrogen) atoms. The van der Waals surface area contributed by atoms with Gasteiger partial charge < -0.3 is 4.74 Å². The summed E-state index contributed by atoms with van der Waals surface area (Å²) in [6, 6.07) is 7.50. The van der Waals surface area contributed by atoms with Gasteiger partial charge in [0.25, 0.3) is 0 Å². The Balaban J connectivity index is 2.60. The van der Waals surface area contributed by atoms with E-state index in [0.717, 1.165) is 23.3 Å². The molecule has 1 aromatic carbocycles. The van der Waals surface area contributed by atoms with Crippen LogP contribution in [0.2, 0.25) is 0 Å². The lowest BCUT2D eigenvalue weighted by Gasteiger charge is -2.02. The van der Waals surface area contributed by atoms with Gasteiger partial charge in [0.05, 0.1) is 5.56 Å². The van der Waals surface area contributed by atoms with E-state index >= 15 is 0 Å². The predicted octanol–water partition coefficient (Wildman–Crippen LogP) is 3.00. The standard InChI is InChI=1S/C12H12O2/c1-3-8(2)11-9-6-4-5-7-10(9)12(13)14-11/h4-7H,3H2,1-2H3/b11-8-. The molecule has 72 valence electrons. The van der Waals surface area contributed by atoms with Gasteiger partial charge in [0, 0.05) is 5.56 Å². The summed E-state index contributed by atoms with van der Waals surface area (Å²) in [4.78, 5) is 11.4. The van der Waals surface area contributed by atoms with Crippen LogP contribution in [0.3, 0.4) is 0 Å². The van der Waals surface area contributed by atoms with Gasteiger partial charge in [-0.25, -0.2) is 4.79 Å². The highest BCUT2D eigenvalue weighted by Crippen LogP contribution is 2.32. The summed E-state index contributed by atoms with van der Waals surface area (Å²) in [6.45, 7) is 4.04. The molecular formula is C12H12O2. The number of allylic oxidation sites excluding steroid dienone is 1. The number of benzene rings is 1. The fourth-order valence-corrected chi connectivity index (χ4v) is 1.54. The normalized spacial score (nSPS) is 17.7. The average molecular weight is 188 g/mol. The van der Waals surface area contributed by atoms with E-state index in [0.29, 0.717) is 5.56 Å². The molecule has 2 nitrogen and oxygen atoms in total. The summed E-state index contributed by atoms with van der Waals surface area (Å²) in [5.41, 5.74) is 2.72. The third kappa shape index (κ3) is 1.23. The molecule has 1 aliphatic heterocycles. The topological polar surface area (TPSA) is 26.3 Å². The fraction of sp³-hybridized carbons (Fsp3) is 0.250. The minimum Gasteiger partial charge on any atom is -0.422 e. The predicted molar refractivity (Wildman–Crippen MR) is 54.7 cm³/mol. The first-order valence-electron chi connectivity index (χ1n) is 4.75. The van der Waals surface area contributed by atoms with E-state index in [1.165, 1.54) is 0 Å². The smallest absolute Gasteiger partial charge is 0.344 e. The first-order chi connectivity index (χ1) is 6.74. The first kappa shape index (κ1) is 9.00. The van der Waals surface area contributed by atoms with Crippen LogP contribution in [0.5, 0.6) is 0 Å². The Hall–Kier alpha value is -1.57. The molecule has 0 atom stereocenters. The summed E-state index contributed by atoms with van der Waals surface area (Å²) in [6.07, 6.45) is 0.900. The molecular weight excluding hydrogens is 176 g/mol. The maximum Gasteiger partial charge on any atom is 0.344 e. The van der Waals surface area contributed by atoms with E-state index in [2.05, 4.69) is 6.92 Å². The number of rotatable bonds is 1. The number of esters is 1. The first-order valence-corrected chi connectivity index (χ1v) is 4.75. The molecule has 0 bridgehead atoms. The number of ether oxygens (including phenoxy) is 1. The van der Waals surface area contributed by atoms with Gasteiger partial charge >= 0.3 is 5.97 Å². The van der Waals surface area contributed by atoms with Gasteiger partial charge in [-0.15, -0.1) is 0 Å². The van der Waals surface area contributed by atoms with Gasteiger partial charge in [-0.1, -0.05) is 25.1 Å². The van der Waals surface area contributed by atoms with Gasteiger partial charge in [0.2, 0.25) is 0 Å². The molecule has 0 amide bonds. The number of carbonyl (C=O) groups excluding carboxylic acids is 1. The Morgan fingerprint density at radius 2 is 1.93 bits per heavy atom. The van der Waals surface area contributed by atoms with Crippen molar-refractivity contribution < 1.29 is 9.53 Å². The van der Waals surface area contributed by atoms with Crippen LogP contribution >= 0.6 is 0 Å². The summed E-state index contributed by atoms with van der Waals surface area (Å²) in [5, 5.41) is 0. The molecule has 0 saturated carbocycles. The van der Waals surface area contributed by atoms with Gasteiger partial charge in [0.15, 0.2) is 0 Å². The molecule has 1 heterocycles. The highest BCUT2D eigenvalue weighted by Gasteiger charge is 2.26. The molecule has 0 fully saturated rings. The molecule has 0 N–H and O–H groups in total. The summed E-state index contributed by atoms with van der Waals surface area (Å²) in [5.74, 6) is 0.511. The van der Waals surface area contributed by atoms with Gasteiger partial charge in [-0.05, 0) is 25.0 Å². The zero-order valence-corrected chi connectivity index (χ0v) is 8.33. The fourth-order valence-electron chi connectivity index (χ4n) is 1.54. The molecule has 1 aliphatic rings. The zero-order chi connectivity index (χ0) is 10.1. The van der Waals surface area contributed by atoms with Crippen LogP contribution in [-0.2, 0) is 4.74 Å². The molecule has 2 heteroatoms. The Morgan fingerprint density at radius 1 is 1.29 bits per heavy atom. The van der Waals surface area contributed by atoms with Crippen LogP contribution in [0.25, 0.3) is 5.76 Å².